The first kappa shape index (κ1) is 9.12. The Kier molecular flexibility index (Phi) is 2.93. The zero-order chi connectivity index (χ0) is 9.10. The Bertz CT molecular complexity index is 268. The van der Waals surface area contributed by atoms with Crippen molar-refractivity contribution in [1.29, 1.82) is 0 Å². The molecule has 1 fully saturated rings. The molecule has 0 spiro atoms. The largest absolute Gasteiger partial charge is 0.390 e. The third-order valence-electron chi connectivity index (χ3n) is 2.34. The van der Waals surface area contributed by atoms with Crippen LogP contribution in [0.1, 0.15) is 23.5 Å². The van der Waals surface area contributed by atoms with Gasteiger partial charge < -0.3 is 10.4 Å². The maximum absolute atomic E-state index is 8.84. The van der Waals surface area contributed by atoms with E-state index in [-0.39, 0.29) is 6.61 Å². The third-order valence-corrected chi connectivity index (χ3v) is 3.26. The predicted octanol–water partition coefficient (Wildman–Crippen LogP) is 0.930. The van der Waals surface area contributed by atoms with Crippen molar-refractivity contribution >= 4 is 11.3 Å². The normalized spacial score (nSPS) is 22.4. The molecule has 1 aliphatic rings. The van der Waals surface area contributed by atoms with Crippen LogP contribution in [0.15, 0.2) is 5.38 Å². The van der Waals surface area contributed by atoms with Gasteiger partial charge in [-0.25, -0.2) is 4.98 Å². The molecule has 0 saturated carbocycles. The molecule has 0 radical (unpaired) electrons. The molecular weight excluding hydrogens is 184 g/mol. The number of hydrogen-bond donors (Lipinski definition) is 2. The lowest BCUT2D eigenvalue weighted by Crippen LogP contribution is -2.23. The molecule has 1 atom stereocenters. The molecule has 1 unspecified atom stereocenters. The van der Waals surface area contributed by atoms with E-state index < -0.39 is 0 Å². The lowest BCUT2D eigenvalue weighted by Gasteiger charge is -2.06. The van der Waals surface area contributed by atoms with Crippen LogP contribution in [-0.4, -0.2) is 22.7 Å². The predicted molar refractivity (Wildman–Crippen MR) is 52.8 cm³/mol. The van der Waals surface area contributed by atoms with Gasteiger partial charge in [0.15, 0.2) is 0 Å². The van der Waals surface area contributed by atoms with Gasteiger partial charge in [0.05, 0.1) is 17.3 Å². The summed E-state index contributed by atoms with van der Waals surface area (Å²) in [6.07, 6.45) is 3.56. The first-order valence-corrected chi connectivity index (χ1v) is 5.54. The van der Waals surface area contributed by atoms with Gasteiger partial charge in [-0.3, -0.25) is 0 Å². The Morgan fingerprint density at radius 1 is 1.69 bits per heavy atom. The average molecular weight is 198 g/mol. The van der Waals surface area contributed by atoms with E-state index in [1.54, 1.807) is 11.3 Å². The Morgan fingerprint density at radius 3 is 3.23 bits per heavy atom. The second kappa shape index (κ2) is 4.17. The van der Waals surface area contributed by atoms with Crippen molar-refractivity contribution in [1.82, 2.24) is 10.3 Å². The number of hydrogen-bond acceptors (Lipinski definition) is 4. The van der Waals surface area contributed by atoms with E-state index in [4.69, 9.17) is 5.11 Å². The summed E-state index contributed by atoms with van der Waals surface area (Å²) < 4.78 is 0. The van der Waals surface area contributed by atoms with E-state index in [2.05, 4.69) is 10.3 Å². The number of nitrogens with zero attached hydrogens (tertiary/aromatic N) is 1. The molecule has 0 aromatic carbocycles. The second-order valence-electron chi connectivity index (χ2n) is 3.39. The zero-order valence-corrected chi connectivity index (χ0v) is 8.31. The van der Waals surface area contributed by atoms with Gasteiger partial charge in [0.2, 0.25) is 0 Å². The average Bonchev–Trinajstić information content (AvgIpc) is 2.76. The van der Waals surface area contributed by atoms with E-state index in [9.17, 15) is 0 Å². The number of aromatic nitrogens is 1. The monoisotopic (exact) mass is 198 g/mol. The minimum Gasteiger partial charge on any atom is -0.390 e. The fourth-order valence-corrected chi connectivity index (χ4v) is 2.52. The summed E-state index contributed by atoms with van der Waals surface area (Å²) in [7, 11) is 0. The van der Waals surface area contributed by atoms with Crippen LogP contribution >= 0.6 is 11.3 Å². The van der Waals surface area contributed by atoms with Crippen LogP contribution < -0.4 is 5.32 Å². The molecule has 2 N–H and O–H groups in total. The highest BCUT2D eigenvalue weighted by molar-refractivity contribution is 7.09. The van der Waals surface area contributed by atoms with Crippen molar-refractivity contribution in [3.05, 3.63) is 16.1 Å². The van der Waals surface area contributed by atoms with Crippen molar-refractivity contribution in [2.75, 3.05) is 6.54 Å². The molecule has 13 heavy (non-hydrogen) atoms. The van der Waals surface area contributed by atoms with Crippen LogP contribution in [0, 0.1) is 0 Å². The van der Waals surface area contributed by atoms with Gasteiger partial charge in [-0.2, -0.15) is 0 Å². The van der Waals surface area contributed by atoms with E-state index >= 15 is 0 Å². The van der Waals surface area contributed by atoms with Gasteiger partial charge in [-0.15, -0.1) is 11.3 Å². The maximum Gasteiger partial charge on any atom is 0.0944 e. The van der Waals surface area contributed by atoms with Crippen LogP contribution in [-0.2, 0) is 13.0 Å². The van der Waals surface area contributed by atoms with Crippen LogP contribution in [0.3, 0.4) is 0 Å². The summed E-state index contributed by atoms with van der Waals surface area (Å²) in [6, 6.07) is 0.609. The van der Waals surface area contributed by atoms with Gasteiger partial charge in [0, 0.05) is 17.8 Å². The Balaban J connectivity index is 1.92. The van der Waals surface area contributed by atoms with E-state index in [0.29, 0.717) is 6.04 Å². The summed E-state index contributed by atoms with van der Waals surface area (Å²) in [5.41, 5.74) is 0.804. The first-order chi connectivity index (χ1) is 6.38. The first-order valence-electron chi connectivity index (χ1n) is 4.66. The molecule has 1 aliphatic heterocycles. The van der Waals surface area contributed by atoms with Crippen molar-refractivity contribution in [3.8, 4) is 0 Å². The van der Waals surface area contributed by atoms with Gasteiger partial charge >= 0.3 is 0 Å². The lowest BCUT2D eigenvalue weighted by molar-refractivity contribution is 0.277. The minimum atomic E-state index is 0.0641. The highest BCUT2D eigenvalue weighted by Gasteiger charge is 2.15. The summed E-state index contributed by atoms with van der Waals surface area (Å²) >= 11 is 1.65. The fraction of sp³-hybridized carbons (Fsp3) is 0.667. The third kappa shape index (κ3) is 2.27. The van der Waals surface area contributed by atoms with Crippen LogP contribution in [0.5, 0.6) is 0 Å². The highest BCUT2D eigenvalue weighted by atomic mass is 32.1. The number of aliphatic hydroxyl groups is 1. The zero-order valence-electron chi connectivity index (χ0n) is 7.49. The lowest BCUT2D eigenvalue weighted by atomic mass is 10.2. The Labute approximate surface area is 81.8 Å². The van der Waals surface area contributed by atoms with Gasteiger partial charge in [0.25, 0.3) is 0 Å². The summed E-state index contributed by atoms with van der Waals surface area (Å²) in [4.78, 5) is 4.32. The van der Waals surface area contributed by atoms with Crippen molar-refractivity contribution in [2.45, 2.75) is 31.9 Å². The van der Waals surface area contributed by atoms with Crippen LogP contribution in [0.2, 0.25) is 0 Å². The molecule has 1 saturated heterocycles. The van der Waals surface area contributed by atoms with E-state index in [0.717, 1.165) is 23.7 Å². The van der Waals surface area contributed by atoms with E-state index in [1.807, 2.05) is 5.38 Å². The molecule has 1 aromatic heterocycles. The molecule has 2 heterocycles. The number of aliphatic hydroxyl groups excluding tert-OH is 1. The van der Waals surface area contributed by atoms with Gasteiger partial charge in [0.1, 0.15) is 0 Å². The minimum absolute atomic E-state index is 0.0641. The number of thiazole rings is 1. The Morgan fingerprint density at radius 2 is 2.62 bits per heavy atom. The summed E-state index contributed by atoms with van der Waals surface area (Å²) in [5, 5.41) is 15.4. The Hall–Kier alpha value is -0.450. The molecular formula is C9H14N2OS. The number of rotatable bonds is 3. The van der Waals surface area contributed by atoms with Crippen molar-refractivity contribution < 1.29 is 5.11 Å². The molecule has 2 rings (SSSR count). The fourth-order valence-electron chi connectivity index (χ4n) is 1.66. The number of nitrogens with one attached hydrogen (secondary N) is 1. The summed E-state index contributed by atoms with van der Waals surface area (Å²) in [6.45, 7) is 1.21. The molecule has 1 aromatic rings. The van der Waals surface area contributed by atoms with Crippen molar-refractivity contribution in [2.24, 2.45) is 0 Å². The van der Waals surface area contributed by atoms with Crippen LogP contribution in [0.4, 0.5) is 0 Å². The maximum atomic E-state index is 8.84. The molecule has 0 aliphatic carbocycles. The van der Waals surface area contributed by atoms with Gasteiger partial charge in [-0.1, -0.05) is 0 Å². The molecule has 3 nitrogen and oxygen atoms in total. The van der Waals surface area contributed by atoms with Crippen molar-refractivity contribution in [3.63, 3.8) is 0 Å². The standard InChI is InChI=1S/C9H14N2OS/c12-5-8-6-13-9(11-8)4-7-2-1-3-10-7/h6-7,10,12H,1-5H2. The highest BCUT2D eigenvalue weighted by Crippen LogP contribution is 2.15. The smallest absolute Gasteiger partial charge is 0.0944 e. The van der Waals surface area contributed by atoms with Crippen LogP contribution in [0.25, 0.3) is 0 Å². The summed E-state index contributed by atoms with van der Waals surface area (Å²) in [5.74, 6) is 0. The topological polar surface area (TPSA) is 45.1 Å². The molecule has 0 amide bonds. The van der Waals surface area contributed by atoms with E-state index in [1.165, 1.54) is 12.8 Å². The van der Waals surface area contributed by atoms with Gasteiger partial charge in [-0.05, 0) is 19.4 Å². The molecule has 72 valence electrons. The molecule has 0 bridgehead atoms. The SMILES string of the molecule is OCc1csc(CC2CCCN2)n1. The quantitative estimate of drug-likeness (QED) is 0.759. The second-order valence-corrected chi connectivity index (χ2v) is 4.33. The molecule has 4 heteroatoms.